The second-order valence-corrected chi connectivity index (χ2v) is 8.15. The van der Waals surface area contributed by atoms with Crippen molar-refractivity contribution >= 4 is 22.6 Å². The van der Waals surface area contributed by atoms with Crippen LogP contribution in [0.15, 0.2) is 39.9 Å². The van der Waals surface area contributed by atoms with Crippen molar-refractivity contribution in [1.29, 1.82) is 0 Å². The van der Waals surface area contributed by atoms with Crippen LogP contribution in [0.2, 0.25) is 5.02 Å². The molecule has 3 N–H and O–H groups in total. The van der Waals surface area contributed by atoms with Crippen molar-refractivity contribution in [3.63, 3.8) is 0 Å². The standard InChI is InChI=1S/C22H22ClN5O2/c1-11-4-5-14(9-16(11)23)8-15(24)10-28-18-7-13(3)12(2)6-17(18)25-19-20(28)26-22(30)27-21(19)29/h4-7,9,15H,8,10,24H2,1-3H3,(H,27,29,30). The number of hydrogen-bond donors (Lipinski definition) is 2. The molecule has 8 heteroatoms. The smallest absolute Gasteiger partial charge is 0.326 e. The molecule has 0 amide bonds. The topological polar surface area (TPSA) is 107 Å². The Morgan fingerprint density at radius 1 is 1.07 bits per heavy atom. The van der Waals surface area contributed by atoms with Gasteiger partial charge in [-0.3, -0.25) is 9.78 Å². The van der Waals surface area contributed by atoms with Crippen LogP contribution in [0.1, 0.15) is 22.3 Å². The number of aromatic amines is 1. The highest BCUT2D eigenvalue weighted by Gasteiger charge is 2.20. The summed E-state index contributed by atoms with van der Waals surface area (Å²) in [6, 6.07) is 9.50. The van der Waals surface area contributed by atoms with Crippen LogP contribution >= 0.6 is 11.6 Å². The van der Waals surface area contributed by atoms with Gasteiger partial charge in [-0.1, -0.05) is 23.7 Å². The summed E-state index contributed by atoms with van der Waals surface area (Å²) < 4.78 is 1.82. The first-order chi connectivity index (χ1) is 14.2. The first-order valence-corrected chi connectivity index (χ1v) is 10.0. The molecule has 0 spiro atoms. The van der Waals surface area contributed by atoms with Crippen molar-refractivity contribution in [2.75, 3.05) is 0 Å². The highest BCUT2D eigenvalue weighted by atomic mass is 35.5. The summed E-state index contributed by atoms with van der Waals surface area (Å²) in [5, 5.41) is 0.697. The van der Waals surface area contributed by atoms with Crippen LogP contribution in [0, 0.1) is 20.8 Å². The summed E-state index contributed by atoms with van der Waals surface area (Å²) in [6.07, 6.45) is 0.580. The Bertz CT molecular complexity index is 1360. The van der Waals surface area contributed by atoms with Crippen molar-refractivity contribution in [1.82, 2.24) is 19.5 Å². The molecule has 2 aromatic rings. The van der Waals surface area contributed by atoms with E-state index in [-0.39, 0.29) is 17.6 Å². The van der Waals surface area contributed by atoms with E-state index in [0.717, 1.165) is 27.8 Å². The molecule has 0 aliphatic carbocycles. The molecule has 30 heavy (non-hydrogen) atoms. The molecular formula is C22H22ClN5O2. The van der Waals surface area contributed by atoms with E-state index >= 15 is 0 Å². The minimum Gasteiger partial charge on any atom is -0.326 e. The Hall–Kier alpha value is -3.03. The number of H-pyrrole nitrogens is 1. The Kier molecular flexibility index (Phi) is 5.17. The summed E-state index contributed by atoms with van der Waals surface area (Å²) in [4.78, 5) is 35.0. The summed E-state index contributed by atoms with van der Waals surface area (Å²) in [5.74, 6) is 0.233. The fourth-order valence-electron chi connectivity index (χ4n) is 3.60. The minimum atomic E-state index is -0.704. The van der Waals surface area contributed by atoms with E-state index in [1.165, 1.54) is 0 Å². The van der Waals surface area contributed by atoms with Crippen LogP contribution in [0.3, 0.4) is 0 Å². The highest BCUT2D eigenvalue weighted by molar-refractivity contribution is 6.31. The van der Waals surface area contributed by atoms with Gasteiger partial charge in [0.25, 0.3) is 5.56 Å². The summed E-state index contributed by atoms with van der Waals surface area (Å²) in [7, 11) is 0. The third kappa shape index (κ3) is 3.74. The lowest BCUT2D eigenvalue weighted by Gasteiger charge is -2.21. The highest BCUT2D eigenvalue weighted by Crippen LogP contribution is 2.24. The number of rotatable bonds is 4. The third-order valence-electron chi connectivity index (χ3n) is 5.38. The van der Waals surface area contributed by atoms with Crippen LogP contribution < -0.4 is 17.0 Å². The molecule has 2 aromatic carbocycles. The van der Waals surface area contributed by atoms with Gasteiger partial charge in [0.05, 0.1) is 11.0 Å². The molecule has 154 valence electrons. The van der Waals surface area contributed by atoms with E-state index in [2.05, 4.69) is 15.0 Å². The molecular weight excluding hydrogens is 402 g/mol. The predicted molar refractivity (Wildman–Crippen MR) is 118 cm³/mol. The molecule has 4 rings (SSSR count). The lowest BCUT2D eigenvalue weighted by molar-refractivity contribution is 0.556. The van der Waals surface area contributed by atoms with Crippen LogP contribution in [-0.2, 0) is 13.0 Å². The molecule has 0 fully saturated rings. The molecule has 0 radical (unpaired) electrons. The first-order valence-electron chi connectivity index (χ1n) is 9.65. The normalized spacial score (nSPS) is 12.6. The minimum absolute atomic E-state index is 0.121. The molecule has 2 aliphatic heterocycles. The van der Waals surface area contributed by atoms with Crippen molar-refractivity contribution in [2.45, 2.75) is 39.8 Å². The van der Waals surface area contributed by atoms with Gasteiger partial charge < -0.3 is 10.3 Å². The Balaban J connectivity index is 1.84. The van der Waals surface area contributed by atoms with Gasteiger partial charge in [-0.15, -0.1) is 0 Å². The van der Waals surface area contributed by atoms with E-state index in [1.54, 1.807) is 0 Å². The van der Waals surface area contributed by atoms with Gasteiger partial charge in [0, 0.05) is 17.6 Å². The zero-order valence-electron chi connectivity index (χ0n) is 17.0. The quantitative estimate of drug-likeness (QED) is 0.491. The molecule has 0 bridgehead atoms. The molecule has 0 saturated heterocycles. The molecule has 1 unspecified atom stereocenters. The van der Waals surface area contributed by atoms with Gasteiger partial charge in [-0.05, 0) is 67.6 Å². The van der Waals surface area contributed by atoms with Crippen molar-refractivity contribution in [3.05, 3.63) is 78.4 Å². The van der Waals surface area contributed by atoms with E-state index in [9.17, 15) is 9.59 Å². The monoisotopic (exact) mass is 423 g/mol. The number of nitrogens with one attached hydrogen (secondary N) is 1. The van der Waals surface area contributed by atoms with E-state index < -0.39 is 11.2 Å². The zero-order chi connectivity index (χ0) is 21.6. The molecule has 0 saturated carbocycles. The third-order valence-corrected chi connectivity index (χ3v) is 5.78. The predicted octanol–water partition coefficient (Wildman–Crippen LogP) is 2.73. The molecule has 0 aromatic heterocycles. The Morgan fingerprint density at radius 3 is 2.53 bits per heavy atom. The van der Waals surface area contributed by atoms with Gasteiger partial charge in [0.2, 0.25) is 0 Å². The van der Waals surface area contributed by atoms with Crippen LogP contribution in [0.25, 0.3) is 22.6 Å². The SMILES string of the molecule is Cc1cc2nc3c(=O)[nH]c(=O)nc-3n(CC(N)Cc3ccc(C)c(Cl)c3)c2cc1C. The summed E-state index contributed by atoms with van der Waals surface area (Å²) in [6.45, 7) is 6.30. The average Bonchev–Trinajstić information content (AvgIpc) is 2.67. The zero-order valence-corrected chi connectivity index (χ0v) is 17.7. The number of nitrogens with zero attached hydrogens (tertiary/aromatic N) is 3. The fraction of sp³-hybridized carbons (Fsp3) is 0.273. The van der Waals surface area contributed by atoms with Crippen LogP contribution in [0.4, 0.5) is 0 Å². The van der Waals surface area contributed by atoms with Gasteiger partial charge in [-0.2, -0.15) is 4.98 Å². The fourth-order valence-corrected chi connectivity index (χ4v) is 3.80. The lowest BCUT2D eigenvalue weighted by Crippen LogP contribution is -2.33. The van der Waals surface area contributed by atoms with Crippen molar-refractivity contribution in [2.24, 2.45) is 5.73 Å². The van der Waals surface area contributed by atoms with Crippen LogP contribution in [-0.4, -0.2) is 25.6 Å². The van der Waals surface area contributed by atoms with Gasteiger partial charge in [0.1, 0.15) is 0 Å². The molecule has 2 heterocycles. The van der Waals surface area contributed by atoms with Crippen molar-refractivity contribution in [3.8, 4) is 11.5 Å². The maximum absolute atomic E-state index is 12.4. The van der Waals surface area contributed by atoms with Crippen molar-refractivity contribution < 1.29 is 0 Å². The van der Waals surface area contributed by atoms with Crippen LogP contribution in [0.5, 0.6) is 0 Å². The van der Waals surface area contributed by atoms with Gasteiger partial charge in [-0.25, -0.2) is 9.78 Å². The molecule has 1 atom stereocenters. The number of benzene rings is 2. The maximum Gasteiger partial charge on any atom is 0.349 e. The largest absolute Gasteiger partial charge is 0.349 e. The van der Waals surface area contributed by atoms with E-state index in [1.807, 2.05) is 55.7 Å². The number of hydrogen-bond acceptors (Lipinski definition) is 5. The van der Waals surface area contributed by atoms with Gasteiger partial charge in [0.15, 0.2) is 11.5 Å². The second-order valence-electron chi connectivity index (χ2n) is 7.74. The number of aryl methyl sites for hydroxylation is 3. The lowest BCUT2D eigenvalue weighted by atomic mass is 10.0. The molecule has 7 nitrogen and oxygen atoms in total. The maximum atomic E-state index is 12.4. The number of halogens is 1. The number of fused-ring (bicyclic) bond motifs is 2. The second kappa shape index (κ2) is 7.66. The average molecular weight is 424 g/mol. The van der Waals surface area contributed by atoms with E-state index in [4.69, 9.17) is 17.3 Å². The number of aromatic nitrogens is 4. The number of nitrogens with two attached hydrogens (primary N) is 1. The first kappa shape index (κ1) is 20.3. The Labute approximate surface area is 177 Å². The molecule has 2 aliphatic rings. The summed E-state index contributed by atoms with van der Waals surface area (Å²) >= 11 is 6.24. The summed E-state index contributed by atoms with van der Waals surface area (Å²) in [5.41, 5.74) is 10.9. The Morgan fingerprint density at radius 2 is 1.80 bits per heavy atom. The van der Waals surface area contributed by atoms with Gasteiger partial charge >= 0.3 is 5.69 Å². The van der Waals surface area contributed by atoms with E-state index in [0.29, 0.717) is 23.5 Å².